The first-order valence-electron chi connectivity index (χ1n) is 6.80. The molecule has 22 heavy (non-hydrogen) atoms. The second kappa shape index (κ2) is 5.84. The molecule has 0 fully saturated rings. The number of aromatic nitrogens is 2. The molecular weight excluding hydrogens is 288 g/mol. The molecule has 1 aliphatic heterocycles. The van der Waals surface area contributed by atoms with Crippen molar-refractivity contribution in [2.24, 2.45) is 0 Å². The van der Waals surface area contributed by atoms with Crippen molar-refractivity contribution in [3.63, 3.8) is 0 Å². The number of benzene rings is 1. The van der Waals surface area contributed by atoms with Crippen LogP contribution in [0.4, 0.5) is 10.6 Å². The van der Waals surface area contributed by atoms with E-state index in [-0.39, 0.29) is 19.0 Å². The summed E-state index contributed by atoms with van der Waals surface area (Å²) in [5.41, 5.74) is 1.54. The third kappa shape index (κ3) is 2.90. The van der Waals surface area contributed by atoms with E-state index in [1.54, 1.807) is 4.68 Å². The maximum absolute atomic E-state index is 12.1. The van der Waals surface area contributed by atoms with Crippen molar-refractivity contribution in [1.29, 1.82) is 0 Å². The summed E-state index contributed by atoms with van der Waals surface area (Å²) in [4.78, 5) is 23.8. The molecule has 0 saturated heterocycles. The average Bonchev–Trinajstić information content (AvgIpc) is 2.97. The van der Waals surface area contributed by atoms with Crippen molar-refractivity contribution in [3.8, 4) is 0 Å². The van der Waals surface area contributed by atoms with Gasteiger partial charge in [-0.3, -0.25) is 0 Å². The van der Waals surface area contributed by atoms with Gasteiger partial charge in [-0.15, -0.1) is 0 Å². The zero-order valence-electron chi connectivity index (χ0n) is 11.7. The summed E-state index contributed by atoms with van der Waals surface area (Å²) in [5.74, 6) is -0.200. The summed E-state index contributed by atoms with van der Waals surface area (Å²) in [5, 5.41) is 14.6. The lowest BCUT2D eigenvalue weighted by molar-refractivity contribution is -0.389. The Balaban J connectivity index is 1.61. The van der Waals surface area contributed by atoms with Crippen molar-refractivity contribution in [1.82, 2.24) is 14.7 Å². The Bertz CT molecular complexity index is 698. The Kier molecular flexibility index (Phi) is 3.73. The molecule has 0 atom stereocenters. The van der Waals surface area contributed by atoms with Gasteiger partial charge in [0.2, 0.25) is 0 Å². The van der Waals surface area contributed by atoms with Gasteiger partial charge in [0, 0.05) is 6.54 Å². The first-order valence-corrected chi connectivity index (χ1v) is 6.80. The average molecular weight is 302 g/mol. The number of nitro groups is 1. The molecule has 114 valence electrons. The number of carbonyl (C=O) groups excluding carboxylic acids is 1. The van der Waals surface area contributed by atoms with Crippen molar-refractivity contribution in [2.75, 3.05) is 6.54 Å². The van der Waals surface area contributed by atoms with Crippen LogP contribution in [-0.4, -0.2) is 32.2 Å². The van der Waals surface area contributed by atoms with E-state index < -0.39 is 11.0 Å². The van der Waals surface area contributed by atoms with E-state index in [2.05, 4.69) is 5.10 Å². The van der Waals surface area contributed by atoms with E-state index >= 15 is 0 Å². The van der Waals surface area contributed by atoms with Gasteiger partial charge in [-0.25, -0.2) is 4.79 Å². The highest BCUT2D eigenvalue weighted by molar-refractivity contribution is 5.67. The predicted octanol–water partition coefficient (Wildman–Crippen LogP) is 1.94. The van der Waals surface area contributed by atoms with Crippen LogP contribution in [0.25, 0.3) is 0 Å². The van der Waals surface area contributed by atoms with Crippen molar-refractivity contribution < 1.29 is 14.5 Å². The fourth-order valence-electron chi connectivity index (χ4n) is 2.31. The van der Waals surface area contributed by atoms with Gasteiger partial charge in [0.15, 0.2) is 0 Å². The van der Waals surface area contributed by atoms with Crippen LogP contribution < -0.4 is 0 Å². The van der Waals surface area contributed by atoms with Gasteiger partial charge in [0.1, 0.15) is 6.61 Å². The number of fused-ring (bicyclic) bond motifs is 1. The van der Waals surface area contributed by atoms with Gasteiger partial charge in [0.25, 0.3) is 0 Å². The lowest BCUT2D eigenvalue weighted by Gasteiger charge is -2.25. The monoisotopic (exact) mass is 302 g/mol. The molecule has 1 aromatic carbocycles. The van der Waals surface area contributed by atoms with E-state index in [1.807, 2.05) is 30.3 Å². The molecule has 0 N–H and O–H groups in total. The predicted molar refractivity (Wildman–Crippen MR) is 75.9 cm³/mol. The molecule has 0 unspecified atom stereocenters. The number of hydrogen-bond donors (Lipinski definition) is 0. The molecule has 1 amide bonds. The lowest BCUT2D eigenvalue weighted by Crippen LogP contribution is -2.38. The van der Waals surface area contributed by atoms with Crippen LogP contribution in [0.2, 0.25) is 0 Å². The molecular formula is C14H14N4O4. The van der Waals surface area contributed by atoms with E-state index in [4.69, 9.17) is 4.74 Å². The zero-order valence-corrected chi connectivity index (χ0v) is 11.7. The van der Waals surface area contributed by atoms with Crippen LogP contribution in [0.1, 0.15) is 11.3 Å². The van der Waals surface area contributed by atoms with Gasteiger partial charge in [-0.1, -0.05) is 30.3 Å². The molecule has 3 rings (SSSR count). The molecule has 0 saturated carbocycles. The van der Waals surface area contributed by atoms with Gasteiger partial charge in [-0.2, -0.15) is 4.68 Å². The highest BCUT2D eigenvalue weighted by atomic mass is 16.6. The number of nitrogens with zero attached hydrogens (tertiary/aromatic N) is 4. The van der Waals surface area contributed by atoms with E-state index in [9.17, 15) is 14.9 Å². The standard InChI is InChI=1S/C14H14N4O4/c19-14(22-10-11-4-2-1-3-5-11)16-6-7-17-12(9-16)8-13(15-17)18(20)21/h1-5,8H,6-7,9-10H2. The molecule has 8 heteroatoms. The van der Waals surface area contributed by atoms with Crippen molar-refractivity contribution >= 4 is 11.9 Å². The maximum atomic E-state index is 12.1. The molecule has 2 heterocycles. The molecule has 0 radical (unpaired) electrons. The first kappa shape index (κ1) is 14.1. The third-order valence-electron chi connectivity index (χ3n) is 3.44. The summed E-state index contributed by atoms with van der Waals surface area (Å²) >= 11 is 0. The molecule has 1 aliphatic rings. The highest BCUT2D eigenvalue weighted by Crippen LogP contribution is 2.18. The summed E-state index contributed by atoms with van der Waals surface area (Å²) < 4.78 is 6.81. The lowest BCUT2D eigenvalue weighted by atomic mass is 10.2. The van der Waals surface area contributed by atoms with Gasteiger partial charge in [0.05, 0.1) is 29.9 Å². The highest BCUT2D eigenvalue weighted by Gasteiger charge is 2.27. The molecule has 0 spiro atoms. The summed E-state index contributed by atoms with van der Waals surface area (Å²) in [6.07, 6.45) is -0.432. The molecule has 2 aromatic rings. The van der Waals surface area contributed by atoms with Gasteiger partial charge >= 0.3 is 11.9 Å². The minimum Gasteiger partial charge on any atom is -0.445 e. The van der Waals surface area contributed by atoms with Crippen LogP contribution in [0.15, 0.2) is 36.4 Å². The normalized spacial score (nSPS) is 13.5. The van der Waals surface area contributed by atoms with E-state index in [1.165, 1.54) is 11.0 Å². The van der Waals surface area contributed by atoms with Crippen LogP contribution >= 0.6 is 0 Å². The SMILES string of the molecule is O=C(OCc1ccccc1)N1CCn2nc([N+](=O)[O-])cc2C1. The molecule has 8 nitrogen and oxygen atoms in total. The zero-order chi connectivity index (χ0) is 15.5. The summed E-state index contributed by atoms with van der Waals surface area (Å²) in [6.45, 7) is 1.30. The Hall–Kier alpha value is -2.90. The second-order valence-electron chi connectivity index (χ2n) is 4.94. The number of hydrogen-bond acceptors (Lipinski definition) is 5. The van der Waals surface area contributed by atoms with E-state index in [0.29, 0.717) is 18.8 Å². The minimum atomic E-state index is -0.538. The Morgan fingerprint density at radius 3 is 2.82 bits per heavy atom. The number of carbonyl (C=O) groups is 1. The van der Waals surface area contributed by atoms with Gasteiger partial charge < -0.3 is 19.8 Å². The van der Waals surface area contributed by atoms with Crippen LogP contribution in [0.5, 0.6) is 0 Å². The Morgan fingerprint density at radius 2 is 2.09 bits per heavy atom. The first-order chi connectivity index (χ1) is 10.6. The number of ether oxygens (including phenoxy) is 1. The summed E-state index contributed by atoms with van der Waals surface area (Å²) in [7, 11) is 0. The number of rotatable bonds is 3. The number of amides is 1. The van der Waals surface area contributed by atoms with Crippen LogP contribution in [-0.2, 0) is 24.4 Å². The van der Waals surface area contributed by atoms with Crippen LogP contribution in [0, 0.1) is 10.1 Å². The second-order valence-corrected chi connectivity index (χ2v) is 4.94. The molecule has 0 bridgehead atoms. The van der Waals surface area contributed by atoms with Crippen LogP contribution in [0.3, 0.4) is 0 Å². The summed E-state index contributed by atoms with van der Waals surface area (Å²) in [6, 6.07) is 10.8. The quantitative estimate of drug-likeness (QED) is 0.638. The Morgan fingerprint density at radius 1 is 1.32 bits per heavy atom. The third-order valence-corrected chi connectivity index (χ3v) is 3.44. The van der Waals surface area contributed by atoms with Crippen molar-refractivity contribution in [2.45, 2.75) is 19.7 Å². The van der Waals surface area contributed by atoms with E-state index in [0.717, 1.165) is 5.56 Å². The largest absolute Gasteiger partial charge is 0.445 e. The topological polar surface area (TPSA) is 90.5 Å². The maximum Gasteiger partial charge on any atom is 0.410 e. The van der Waals surface area contributed by atoms with Crippen molar-refractivity contribution in [3.05, 3.63) is 57.8 Å². The fraction of sp³-hybridized carbons (Fsp3) is 0.286. The molecule has 0 aliphatic carbocycles. The minimum absolute atomic E-state index is 0.200. The van der Waals surface area contributed by atoms with Gasteiger partial charge in [-0.05, 0) is 10.5 Å². The smallest absolute Gasteiger partial charge is 0.410 e. The Labute approximate surface area is 126 Å². The molecule has 1 aromatic heterocycles. The fourth-order valence-corrected chi connectivity index (χ4v) is 2.31.